The molecule has 138 heavy (non-hydrogen) atoms. The number of aliphatic hydroxyl groups excluding tert-OH is 5. The van der Waals surface area contributed by atoms with Gasteiger partial charge in [-0.25, -0.2) is 33.6 Å². The van der Waals surface area contributed by atoms with E-state index in [0.29, 0.717) is 57.7 Å². The number of hydrogen-bond acceptors (Lipinski definition) is 30. The van der Waals surface area contributed by atoms with Gasteiger partial charge in [0.25, 0.3) is 0 Å². The fourth-order valence-electron chi connectivity index (χ4n) is 4.13. The van der Waals surface area contributed by atoms with Crippen LogP contribution in [-0.4, -0.2) is 262 Å². The molecule has 0 saturated carbocycles. The molecular formula is C102H202BrLiO32P2. The summed E-state index contributed by atoms with van der Waals surface area (Å²) in [7, 11) is 2.91. The number of halogens is 1. The number of methoxy groups -OCH3 is 3. The molecule has 0 atom stereocenters. The van der Waals surface area contributed by atoms with Crippen molar-refractivity contribution in [3.05, 3.63) is 138 Å². The first-order valence-electron chi connectivity index (χ1n) is 44.2. The Kier molecular flexibility index (Phi) is 283. The molecule has 0 aromatic rings. The molecule has 0 aliphatic carbocycles. The molecule has 0 unspecified atom stereocenters. The predicted molar refractivity (Wildman–Crippen MR) is 576 cm³/mol. The molecule has 7 N–H and O–H groups in total. The van der Waals surface area contributed by atoms with Crippen LogP contribution in [0.2, 0.25) is 0 Å². The standard InChI is InChI=1S/2C8H17O3P.C7H12O2.3C6H10O2.C6H12.2C5H8O2.C5H10O.C4H7Br.C4H6O2.C4H8O.C4H9.C3H8O.4C3H6O.2C2H4O.C2H6.3CH4O.Li/c2*1-4-11-8(9)7-12(10,5-2)6-3;1-4-9-7(8)5-6(2)3;1-5(2)4-6(7)8-3;2*1-3-5-6(7)8-4-2;1-5(2)6(3)4;1-4(2)3-5(6)7;1-3-4-5(6)7-2;1-3-4-5-6-2;1-2-3-4-5;1-2-3-4(5)6;1-2-3-4-5;1-3-4-2;5*1-3(2)4;2*1-2-3;4*1-2;/h2*4-7H2,1-3H3;5H,4H2,1-3H3;4H,1-3H3;2*3,5H,4H2,1-2H3;1-4H3;3H,1-2H3,(H,6,7);3-4H,1-2H3;3-4H,5H2,1-2H3;2-3H,4H2,1H3;2-3H,1H3,(H,5,6);2-3,5H,4H2,1H3;1,3-4H2,2H3;3-4H,1-2H3;4*1-2H3;2*2H,1H3;1-2H3;3*2H,1H3;/q;;;;;;;;;;;;;-1;;;;;;;;;;;;+1/b;;;;2*5-3+;;;2*4-3+;3*3-2+;;;;;;;;;;;;;. The molecule has 0 rings (SSSR count). The number of allylic oxidation sites excluding steroid dienone is 13. The third-order valence-corrected chi connectivity index (χ3v) is 16.6. The van der Waals surface area contributed by atoms with E-state index in [4.69, 9.17) is 59.5 Å². The molecule has 0 fully saturated rings. The second-order valence-corrected chi connectivity index (χ2v) is 33.5. The number of ether oxygens (including phenoxy) is 8. The summed E-state index contributed by atoms with van der Waals surface area (Å²) < 4.78 is 60.0. The maximum Gasteiger partial charge on any atom is 1.00 e. The minimum absolute atomic E-state index is 0. The molecule has 0 saturated heterocycles. The second-order valence-electron chi connectivity index (χ2n) is 25.5. The number of hydrogen-bond donors (Lipinski definition) is 7. The van der Waals surface area contributed by atoms with E-state index in [0.717, 1.165) is 75.1 Å². The quantitative estimate of drug-likeness (QED) is 0.00514. The summed E-state index contributed by atoms with van der Waals surface area (Å²) in [6, 6.07) is 0. The number of carboxylic acid groups (broad SMARTS) is 2. The SMILES string of the molecule is C/C=C/C(=O)O.C/C=C/C(=O)OC.C/C=C/C(=O)OCC.C/C=C/C(=O)OCC.C/C=C/CBr.C/C=C/CO.C/C=C/COC.CC.CC(C)=C(C)C.CC(C)=CC(=O)O.CC(C)=O.CC(C)=O.CC(C)=O.CC(C)=O.CC(C)O.CC=O.CC=O.CCOC(=O)C=C(C)C.CCOC(=O)CP(=O)(CC)CC.CCOC(=O)CP(=O)(CC)CC.CO.CO.CO.COC(=O)C=C(C)C.[CH2-]CCC.[Li+]. The molecule has 820 valence electrons. The van der Waals surface area contributed by atoms with Crippen molar-refractivity contribution in [1.82, 2.24) is 0 Å². The van der Waals surface area contributed by atoms with E-state index in [1.165, 1.54) is 144 Å². The minimum atomic E-state index is -2.24. The van der Waals surface area contributed by atoms with Gasteiger partial charge in [0.05, 0.1) is 87.1 Å². The Hall–Kier alpha value is -8.31. The van der Waals surface area contributed by atoms with E-state index < -0.39 is 26.2 Å². The molecule has 0 aliphatic rings. The van der Waals surface area contributed by atoms with Crippen LogP contribution in [0.15, 0.2) is 131 Å². The number of carboxylic acids is 2. The van der Waals surface area contributed by atoms with E-state index in [1.54, 1.807) is 127 Å². The number of alkyl halides is 1. The summed E-state index contributed by atoms with van der Waals surface area (Å²) in [5, 5.41) is 53.8. The molecule has 0 bridgehead atoms. The number of aliphatic carboxylic acids is 2. The van der Waals surface area contributed by atoms with Gasteiger partial charge in [0, 0.05) is 82.4 Å². The average molecular weight is 2090 g/mol. The van der Waals surface area contributed by atoms with Crippen LogP contribution in [0.3, 0.4) is 0 Å². The van der Waals surface area contributed by atoms with Gasteiger partial charge in [-0.05, 0) is 260 Å². The van der Waals surface area contributed by atoms with Crippen LogP contribution in [0.1, 0.15) is 297 Å². The van der Waals surface area contributed by atoms with Gasteiger partial charge in [-0.15, -0.1) is 0 Å². The Morgan fingerprint density at radius 2 is 0.587 bits per heavy atom. The largest absolute Gasteiger partial charge is 1.00 e. The van der Waals surface area contributed by atoms with E-state index in [2.05, 4.69) is 81.2 Å². The van der Waals surface area contributed by atoms with Crippen molar-refractivity contribution < 1.29 is 174 Å². The van der Waals surface area contributed by atoms with E-state index in [-0.39, 0.29) is 109 Å². The van der Waals surface area contributed by atoms with Crippen molar-refractivity contribution in [2.75, 3.05) is 131 Å². The van der Waals surface area contributed by atoms with Crippen molar-refractivity contribution >= 4 is 120 Å². The fraction of sp³-hybridized carbons (Fsp3) is 0.627. The number of ketones is 4. The zero-order valence-electron chi connectivity index (χ0n) is 95.2. The zero-order chi connectivity index (χ0) is 115. The van der Waals surface area contributed by atoms with Crippen molar-refractivity contribution in [2.45, 2.75) is 303 Å². The molecule has 32 nitrogen and oxygen atoms in total. The predicted octanol–water partition coefficient (Wildman–Crippen LogP) is 19.0. The first kappa shape index (κ1) is 200. The number of carbonyl (C=O) groups excluding carboxylic acids is 13. The number of Topliss-reactive ketones (excluding diaryl/α,β-unsaturated/α-hetero) is 4. The molecule has 0 aromatic heterocycles. The summed E-state index contributed by atoms with van der Waals surface area (Å²) >= 11 is 3.22. The smallest absolute Gasteiger partial charge is 0.478 e. The van der Waals surface area contributed by atoms with Gasteiger partial charge in [-0.3, -0.25) is 9.59 Å². The molecule has 0 heterocycles. The van der Waals surface area contributed by atoms with E-state index in [9.17, 15) is 71.5 Å². The molecule has 0 aliphatic heterocycles. The first-order chi connectivity index (χ1) is 63.6. The Morgan fingerprint density at radius 1 is 0.370 bits per heavy atom. The van der Waals surface area contributed by atoms with Crippen LogP contribution in [0.4, 0.5) is 0 Å². The monoisotopic (exact) mass is 2090 g/mol. The molecule has 0 aromatic carbocycles. The number of aliphatic hydroxyl groups is 5. The third kappa shape index (κ3) is 434. The van der Waals surface area contributed by atoms with Gasteiger partial charge in [0.15, 0.2) is 0 Å². The number of esters is 7. The molecule has 0 amide bonds. The fourth-order valence-corrected chi connectivity index (χ4v) is 7.41. The molecular weight excluding hydrogens is 1890 g/mol. The molecule has 0 radical (unpaired) electrons. The van der Waals surface area contributed by atoms with Crippen molar-refractivity contribution in [3.8, 4) is 0 Å². The van der Waals surface area contributed by atoms with Gasteiger partial charge in [-0.1, -0.05) is 159 Å². The number of carbonyl (C=O) groups is 15. The van der Waals surface area contributed by atoms with Crippen LogP contribution in [0.5, 0.6) is 0 Å². The number of unbranched alkanes of at least 4 members (excludes halogenated alkanes) is 1. The molecule has 0 spiro atoms. The Balaban J connectivity index is -0.0000000400. The number of rotatable bonds is 25. The zero-order valence-corrected chi connectivity index (χ0v) is 98.6. The topological polar surface area (TPSA) is 506 Å². The van der Waals surface area contributed by atoms with Gasteiger partial charge >= 0.3 is 72.6 Å². The average Bonchev–Trinajstić information content (AvgIpc) is 0.909. The van der Waals surface area contributed by atoms with E-state index in [1.807, 2.05) is 114 Å². The summed E-state index contributed by atoms with van der Waals surface area (Å²) in [4.78, 5) is 148. The summed E-state index contributed by atoms with van der Waals surface area (Å²) in [6.07, 6.45) is 33.3. The van der Waals surface area contributed by atoms with Crippen LogP contribution in [-0.2, 0) is 119 Å². The summed E-state index contributed by atoms with van der Waals surface area (Å²) in [5.41, 5.74) is 5.59. The van der Waals surface area contributed by atoms with Gasteiger partial charge in [-0.2, -0.15) is 6.42 Å². The van der Waals surface area contributed by atoms with Crippen molar-refractivity contribution in [3.63, 3.8) is 0 Å². The second kappa shape index (κ2) is 195. The van der Waals surface area contributed by atoms with Gasteiger partial charge in [0.2, 0.25) is 0 Å². The maximum absolute atomic E-state index is 11.7. The Bertz CT molecular complexity index is 2890. The molecule has 36 heteroatoms. The normalized spacial score (nSPS) is 8.49. The van der Waals surface area contributed by atoms with Crippen molar-refractivity contribution in [1.29, 1.82) is 0 Å². The number of aldehydes is 2. The van der Waals surface area contributed by atoms with Crippen molar-refractivity contribution in [2.24, 2.45) is 0 Å². The third-order valence-electron chi connectivity index (χ3n) is 9.97. The van der Waals surface area contributed by atoms with E-state index >= 15 is 0 Å². The Labute approximate surface area is 860 Å². The van der Waals surface area contributed by atoms with Gasteiger partial charge in [0.1, 0.15) is 35.7 Å². The minimum Gasteiger partial charge on any atom is -0.478 e. The summed E-state index contributed by atoms with van der Waals surface area (Å²) in [6.45, 7) is 79.7. The summed E-state index contributed by atoms with van der Waals surface area (Å²) in [5.74, 6) is -3.14. The van der Waals surface area contributed by atoms with Crippen LogP contribution >= 0.6 is 30.2 Å². The van der Waals surface area contributed by atoms with Crippen LogP contribution < -0.4 is 18.9 Å². The Morgan fingerprint density at radius 3 is 0.681 bits per heavy atom. The first-order valence-corrected chi connectivity index (χ1v) is 49.9. The van der Waals surface area contributed by atoms with Crippen LogP contribution in [0, 0.1) is 6.92 Å². The maximum atomic E-state index is 11.7. The van der Waals surface area contributed by atoms with Gasteiger partial charge < -0.3 is 118 Å². The van der Waals surface area contributed by atoms with Crippen LogP contribution in [0.25, 0.3) is 0 Å².